The molecule has 3 heterocycles. The van der Waals surface area contributed by atoms with Gasteiger partial charge in [0.15, 0.2) is 0 Å². The maximum absolute atomic E-state index is 9.23. The SMILES string of the molecule is Cc1nn(C)c(N2CC3CNCC3C2)c1C#N. The lowest BCUT2D eigenvalue weighted by atomic mass is 10.0. The van der Waals surface area contributed by atoms with Crippen molar-refractivity contribution >= 4 is 5.82 Å². The zero-order chi connectivity index (χ0) is 12.0. The molecule has 2 saturated heterocycles. The van der Waals surface area contributed by atoms with Crippen molar-refractivity contribution in [1.82, 2.24) is 15.1 Å². The number of nitriles is 1. The van der Waals surface area contributed by atoms with E-state index < -0.39 is 0 Å². The van der Waals surface area contributed by atoms with Crippen LogP contribution in [0.15, 0.2) is 0 Å². The largest absolute Gasteiger partial charge is 0.355 e. The van der Waals surface area contributed by atoms with Crippen LogP contribution in [0, 0.1) is 30.1 Å². The third-order valence-corrected chi connectivity index (χ3v) is 3.99. The zero-order valence-electron chi connectivity index (χ0n) is 10.3. The highest BCUT2D eigenvalue weighted by molar-refractivity contribution is 5.57. The Bertz CT molecular complexity index is 472. The van der Waals surface area contributed by atoms with E-state index in [9.17, 15) is 5.26 Å². The van der Waals surface area contributed by atoms with Crippen LogP contribution in [0.1, 0.15) is 11.3 Å². The third kappa shape index (κ3) is 1.52. The van der Waals surface area contributed by atoms with Crippen molar-refractivity contribution in [3.05, 3.63) is 11.3 Å². The van der Waals surface area contributed by atoms with Gasteiger partial charge < -0.3 is 10.2 Å². The van der Waals surface area contributed by atoms with Gasteiger partial charge in [-0.05, 0) is 18.8 Å². The van der Waals surface area contributed by atoms with E-state index in [1.807, 2.05) is 18.7 Å². The van der Waals surface area contributed by atoms with Gasteiger partial charge in [0, 0.05) is 33.2 Å². The maximum Gasteiger partial charge on any atom is 0.144 e. The Morgan fingerprint density at radius 3 is 2.59 bits per heavy atom. The Kier molecular flexibility index (Phi) is 2.33. The Hall–Kier alpha value is -1.54. The molecule has 17 heavy (non-hydrogen) atoms. The first-order valence-corrected chi connectivity index (χ1v) is 6.10. The Labute approximate surface area is 101 Å². The first-order chi connectivity index (χ1) is 8.20. The quantitative estimate of drug-likeness (QED) is 0.753. The van der Waals surface area contributed by atoms with Crippen LogP contribution < -0.4 is 10.2 Å². The van der Waals surface area contributed by atoms with Crippen LogP contribution in [0.4, 0.5) is 5.82 Å². The van der Waals surface area contributed by atoms with Crippen molar-refractivity contribution in [3.8, 4) is 6.07 Å². The fourth-order valence-electron chi connectivity index (χ4n) is 3.17. The molecule has 1 N–H and O–H groups in total. The van der Waals surface area contributed by atoms with Gasteiger partial charge >= 0.3 is 0 Å². The summed E-state index contributed by atoms with van der Waals surface area (Å²) in [6.07, 6.45) is 0. The van der Waals surface area contributed by atoms with E-state index in [0.29, 0.717) is 0 Å². The van der Waals surface area contributed by atoms with Gasteiger partial charge in [-0.2, -0.15) is 10.4 Å². The molecular formula is C12H17N5. The number of nitrogens with one attached hydrogen (secondary N) is 1. The fraction of sp³-hybridized carbons (Fsp3) is 0.667. The van der Waals surface area contributed by atoms with Crippen LogP contribution >= 0.6 is 0 Å². The predicted molar refractivity (Wildman–Crippen MR) is 64.7 cm³/mol. The molecule has 5 nitrogen and oxygen atoms in total. The normalized spacial score (nSPS) is 27.2. The summed E-state index contributed by atoms with van der Waals surface area (Å²) in [4.78, 5) is 2.33. The molecule has 2 fully saturated rings. The van der Waals surface area contributed by atoms with Crippen LogP contribution in [0.2, 0.25) is 0 Å². The summed E-state index contributed by atoms with van der Waals surface area (Å²) < 4.78 is 1.85. The molecule has 2 aliphatic heterocycles. The van der Waals surface area contributed by atoms with Crippen molar-refractivity contribution in [2.45, 2.75) is 6.92 Å². The van der Waals surface area contributed by atoms with Crippen LogP contribution in [0.25, 0.3) is 0 Å². The second-order valence-corrected chi connectivity index (χ2v) is 5.10. The van der Waals surface area contributed by atoms with E-state index in [-0.39, 0.29) is 0 Å². The molecule has 90 valence electrons. The van der Waals surface area contributed by atoms with Crippen LogP contribution in [0.3, 0.4) is 0 Å². The van der Waals surface area contributed by atoms with Crippen LogP contribution in [-0.4, -0.2) is 36.0 Å². The van der Waals surface area contributed by atoms with Gasteiger partial charge in [0.2, 0.25) is 0 Å². The minimum Gasteiger partial charge on any atom is -0.355 e. The molecule has 3 rings (SSSR count). The van der Waals surface area contributed by atoms with E-state index in [0.717, 1.165) is 55.1 Å². The van der Waals surface area contributed by atoms with Gasteiger partial charge in [-0.3, -0.25) is 4.68 Å². The molecule has 0 bridgehead atoms. The van der Waals surface area contributed by atoms with Crippen molar-refractivity contribution < 1.29 is 0 Å². The van der Waals surface area contributed by atoms with Gasteiger partial charge in [-0.15, -0.1) is 0 Å². The van der Waals surface area contributed by atoms with Gasteiger partial charge in [-0.25, -0.2) is 0 Å². The van der Waals surface area contributed by atoms with Crippen molar-refractivity contribution in [3.63, 3.8) is 0 Å². The number of nitrogens with zero attached hydrogens (tertiary/aromatic N) is 4. The summed E-state index contributed by atoms with van der Waals surface area (Å²) in [7, 11) is 1.93. The zero-order valence-corrected chi connectivity index (χ0v) is 10.3. The van der Waals surface area contributed by atoms with Crippen LogP contribution in [0.5, 0.6) is 0 Å². The molecule has 2 unspecified atom stereocenters. The Balaban J connectivity index is 1.93. The standard InChI is InChI=1S/C12H17N5/c1-8-11(3-13)12(16(2)15-8)17-6-9-4-14-5-10(9)7-17/h9-10,14H,4-7H2,1-2H3. The summed E-state index contributed by atoms with van der Waals surface area (Å²) in [5.41, 5.74) is 1.57. The molecule has 0 aliphatic carbocycles. The molecule has 1 aromatic heterocycles. The lowest BCUT2D eigenvalue weighted by Gasteiger charge is -2.19. The molecule has 1 aromatic rings. The van der Waals surface area contributed by atoms with E-state index in [1.165, 1.54) is 0 Å². The van der Waals surface area contributed by atoms with Crippen molar-refractivity contribution in [2.75, 3.05) is 31.1 Å². The second kappa shape index (κ2) is 3.74. The maximum atomic E-state index is 9.23. The predicted octanol–water partition coefficient (Wildman–Crippen LogP) is 0.256. The molecule has 0 aromatic carbocycles. The highest BCUT2D eigenvalue weighted by Gasteiger charge is 2.38. The number of hydrogen-bond donors (Lipinski definition) is 1. The highest BCUT2D eigenvalue weighted by atomic mass is 15.4. The number of rotatable bonds is 1. The Morgan fingerprint density at radius 1 is 1.35 bits per heavy atom. The van der Waals surface area contributed by atoms with E-state index in [1.54, 1.807) is 0 Å². The first kappa shape index (κ1) is 10.6. The molecule has 0 spiro atoms. The monoisotopic (exact) mass is 231 g/mol. The molecule has 0 radical (unpaired) electrons. The number of hydrogen-bond acceptors (Lipinski definition) is 4. The summed E-state index contributed by atoms with van der Waals surface area (Å²) in [6, 6.07) is 2.29. The average molecular weight is 231 g/mol. The third-order valence-electron chi connectivity index (χ3n) is 3.99. The molecule has 0 saturated carbocycles. The number of aryl methyl sites for hydroxylation is 2. The van der Waals surface area contributed by atoms with Gasteiger partial charge in [0.1, 0.15) is 17.5 Å². The minimum atomic E-state index is 0.733. The lowest BCUT2D eigenvalue weighted by Crippen LogP contribution is -2.27. The topological polar surface area (TPSA) is 56.9 Å². The molecular weight excluding hydrogens is 214 g/mol. The highest BCUT2D eigenvalue weighted by Crippen LogP contribution is 2.32. The van der Waals surface area contributed by atoms with Gasteiger partial charge in [0.25, 0.3) is 0 Å². The molecule has 5 heteroatoms. The van der Waals surface area contributed by atoms with Crippen molar-refractivity contribution in [1.29, 1.82) is 5.26 Å². The lowest BCUT2D eigenvalue weighted by molar-refractivity contribution is 0.533. The average Bonchev–Trinajstić information content (AvgIpc) is 2.89. The van der Waals surface area contributed by atoms with Crippen molar-refractivity contribution in [2.24, 2.45) is 18.9 Å². The summed E-state index contributed by atoms with van der Waals surface area (Å²) in [6.45, 7) is 6.22. The van der Waals surface area contributed by atoms with E-state index in [2.05, 4.69) is 21.4 Å². The number of anilines is 1. The van der Waals surface area contributed by atoms with Gasteiger partial charge in [-0.1, -0.05) is 0 Å². The van der Waals surface area contributed by atoms with Crippen LogP contribution in [-0.2, 0) is 7.05 Å². The summed E-state index contributed by atoms with van der Waals surface area (Å²) >= 11 is 0. The van der Waals surface area contributed by atoms with E-state index in [4.69, 9.17) is 0 Å². The smallest absolute Gasteiger partial charge is 0.144 e. The molecule has 2 atom stereocenters. The Morgan fingerprint density at radius 2 is 2.00 bits per heavy atom. The molecule has 2 aliphatic rings. The van der Waals surface area contributed by atoms with Gasteiger partial charge in [0.05, 0.1) is 5.69 Å². The van der Waals surface area contributed by atoms with E-state index >= 15 is 0 Å². The summed E-state index contributed by atoms with van der Waals surface area (Å²) in [5, 5.41) is 17.0. The molecule has 0 amide bonds. The number of fused-ring (bicyclic) bond motifs is 1. The first-order valence-electron chi connectivity index (χ1n) is 6.10. The summed E-state index contributed by atoms with van der Waals surface area (Å²) in [5.74, 6) is 2.47. The number of aromatic nitrogens is 2. The fourth-order valence-corrected chi connectivity index (χ4v) is 3.17. The second-order valence-electron chi connectivity index (χ2n) is 5.10. The minimum absolute atomic E-state index is 0.733.